The molecule has 3 aromatic rings. The van der Waals surface area contributed by atoms with E-state index >= 15 is 0 Å². The molecule has 0 spiro atoms. The number of rotatable bonds is 8. The van der Waals surface area contributed by atoms with Crippen molar-refractivity contribution in [1.29, 1.82) is 0 Å². The van der Waals surface area contributed by atoms with Gasteiger partial charge in [0.05, 0.1) is 24.1 Å². The lowest BCUT2D eigenvalue weighted by Crippen LogP contribution is -2.38. The Morgan fingerprint density at radius 3 is 2.78 bits per heavy atom. The Labute approximate surface area is 210 Å². The number of halogens is 1. The van der Waals surface area contributed by atoms with E-state index in [9.17, 15) is 17.6 Å². The Bertz CT molecular complexity index is 1330. The van der Waals surface area contributed by atoms with Crippen LogP contribution < -0.4 is 14.4 Å². The number of sulfonamides is 1. The maximum Gasteiger partial charge on any atom is 0.281 e. The van der Waals surface area contributed by atoms with Gasteiger partial charge < -0.3 is 9.64 Å². The summed E-state index contributed by atoms with van der Waals surface area (Å²) in [6.07, 6.45) is 3.24. The SMILES string of the molecule is CC(C)COc1cc(F)cc(-c2ccc(C(=O)NS(=O)(=O)c3ccn[nH]3)c(N3CCCC(C)C3)n2)c1. The quantitative estimate of drug-likeness (QED) is 0.466. The summed E-state index contributed by atoms with van der Waals surface area (Å²) in [6, 6.07) is 8.74. The van der Waals surface area contributed by atoms with Crippen LogP contribution in [0.15, 0.2) is 47.6 Å². The van der Waals surface area contributed by atoms with E-state index < -0.39 is 21.7 Å². The van der Waals surface area contributed by atoms with Gasteiger partial charge in [0, 0.05) is 24.7 Å². The molecule has 1 aliphatic rings. The van der Waals surface area contributed by atoms with Gasteiger partial charge in [-0.1, -0.05) is 20.8 Å². The number of hydrogen-bond acceptors (Lipinski definition) is 7. The Morgan fingerprint density at radius 1 is 1.28 bits per heavy atom. The zero-order valence-electron chi connectivity index (χ0n) is 20.5. The molecule has 9 nitrogen and oxygen atoms in total. The molecule has 1 atom stereocenters. The lowest BCUT2D eigenvalue weighted by atomic mass is 9.99. The van der Waals surface area contributed by atoms with E-state index in [2.05, 4.69) is 21.8 Å². The molecule has 1 saturated heterocycles. The third-order valence-electron chi connectivity index (χ3n) is 5.82. The molecule has 1 amide bonds. The first-order valence-electron chi connectivity index (χ1n) is 11.9. The number of amides is 1. The Hall–Kier alpha value is -3.47. The van der Waals surface area contributed by atoms with E-state index in [0.717, 1.165) is 12.8 Å². The minimum atomic E-state index is -4.14. The van der Waals surface area contributed by atoms with Gasteiger partial charge in [-0.2, -0.15) is 13.5 Å². The summed E-state index contributed by atoms with van der Waals surface area (Å²) in [7, 11) is -4.14. The van der Waals surface area contributed by atoms with E-state index in [1.54, 1.807) is 12.1 Å². The van der Waals surface area contributed by atoms with E-state index in [1.807, 2.05) is 18.7 Å². The molecule has 11 heteroatoms. The number of carbonyl (C=O) groups is 1. The van der Waals surface area contributed by atoms with Gasteiger partial charge in [-0.15, -0.1) is 0 Å². The molecule has 1 aromatic carbocycles. The molecule has 0 saturated carbocycles. The second kappa shape index (κ2) is 10.7. The van der Waals surface area contributed by atoms with E-state index in [1.165, 1.54) is 30.5 Å². The van der Waals surface area contributed by atoms with Gasteiger partial charge in [0.25, 0.3) is 15.9 Å². The number of nitrogens with one attached hydrogen (secondary N) is 2. The Kier molecular flexibility index (Phi) is 7.58. The normalized spacial score (nSPS) is 16.2. The van der Waals surface area contributed by atoms with Crippen molar-refractivity contribution in [3.8, 4) is 17.0 Å². The van der Waals surface area contributed by atoms with Crippen LogP contribution in [-0.2, 0) is 10.0 Å². The molecule has 2 N–H and O–H groups in total. The summed E-state index contributed by atoms with van der Waals surface area (Å²) in [4.78, 5) is 19.8. The number of H-pyrrole nitrogens is 1. The minimum Gasteiger partial charge on any atom is -0.493 e. The molecule has 0 bridgehead atoms. The molecule has 3 heterocycles. The fraction of sp³-hybridized carbons (Fsp3) is 0.400. The van der Waals surface area contributed by atoms with Crippen LogP contribution in [0.5, 0.6) is 5.75 Å². The zero-order valence-corrected chi connectivity index (χ0v) is 21.3. The number of pyridine rings is 1. The molecule has 4 rings (SSSR count). The van der Waals surface area contributed by atoms with Crippen LogP contribution in [0.4, 0.5) is 10.2 Å². The summed E-state index contributed by atoms with van der Waals surface area (Å²) in [5, 5.41) is 5.76. The number of carbonyl (C=O) groups excluding carboxylic acids is 1. The molecular weight excluding hydrogens is 485 g/mol. The van der Waals surface area contributed by atoms with Crippen molar-refractivity contribution in [2.45, 2.75) is 38.6 Å². The van der Waals surface area contributed by atoms with Crippen molar-refractivity contribution in [3.63, 3.8) is 0 Å². The van der Waals surface area contributed by atoms with Crippen LogP contribution in [0, 0.1) is 17.7 Å². The van der Waals surface area contributed by atoms with Gasteiger partial charge >= 0.3 is 0 Å². The van der Waals surface area contributed by atoms with Gasteiger partial charge in [-0.05, 0) is 55.0 Å². The molecule has 1 fully saturated rings. The smallest absolute Gasteiger partial charge is 0.281 e. The number of hydrogen-bond donors (Lipinski definition) is 2. The number of benzene rings is 1. The minimum absolute atomic E-state index is 0.114. The summed E-state index contributed by atoms with van der Waals surface area (Å²) >= 11 is 0. The van der Waals surface area contributed by atoms with Crippen LogP contribution in [0.2, 0.25) is 0 Å². The highest BCUT2D eigenvalue weighted by atomic mass is 32.2. The molecule has 2 aromatic heterocycles. The van der Waals surface area contributed by atoms with Crippen molar-refractivity contribution < 1.29 is 22.3 Å². The topological polar surface area (TPSA) is 117 Å². The van der Waals surface area contributed by atoms with Crippen LogP contribution in [-0.4, -0.2) is 49.2 Å². The first-order chi connectivity index (χ1) is 17.1. The third-order valence-corrected chi connectivity index (χ3v) is 7.08. The average molecular weight is 516 g/mol. The number of piperidine rings is 1. The standard InChI is InChI=1S/C25H30FN5O4S/c1-16(2)15-35-20-12-18(11-19(26)13-20)22-7-6-21(24(28-22)31-10-4-5-17(3)14-31)25(32)30-36(33,34)23-8-9-27-29-23/h6-9,11-13,16-17H,4-5,10,14-15H2,1-3H3,(H,27,29)(H,30,32). The van der Waals surface area contributed by atoms with Crippen molar-refractivity contribution in [2.24, 2.45) is 11.8 Å². The molecule has 1 unspecified atom stereocenters. The number of aromatic amines is 1. The van der Waals surface area contributed by atoms with Gasteiger partial charge in [0.1, 0.15) is 17.4 Å². The van der Waals surface area contributed by atoms with E-state index in [4.69, 9.17) is 9.72 Å². The maximum atomic E-state index is 14.4. The van der Waals surface area contributed by atoms with Gasteiger partial charge in [0.2, 0.25) is 0 Å². The van der Waals surface area contributed by atoms with Crippen LogP contribution in [0.3, 0.4) is 0 Å². The van der Waals surface area contributed by atoms with Gasteiger partial charge in [-0.3, -0.25) is 9.89 Å². The zero-order chi connectivity index (χ0) is 25.9. The van der Waals surface area contributed by atoms with Crippen molar-refractivity contribution >= 4 is 21.7 Å². The van der Waals surface area contributed by atoms with Crippen molar-refractivity contribution in [1.82, 2.24) is 19.9 Å². The molecule has 36 heavy (non-hydrogen) atoms. The second-order valence-electron chi connectivity index (χ2n) is 9.50. The fourth-order valence-electron chi connectivity index (χ4n) is 4.09. The fourth-order valence-corrected chi connectivity index (χ4v) is 4.97. The first kappa shape index (κ1) is 25.6. The highest BCUT2D eigenvalue weighted by Crippen LogP contribution is 2.30. The summed E-state index contributed by atoms with van der Waals surface area (Å²) < 4.78 is 47.4. The number of anilines is 1. The lowest BCUT2D eigenvalue weighted by Gasteiger charge is -2.33. The molecule has 1 aliphatic heterocycles. The number of ether oxygens (including phenoxy) is 1. The number of nitrogens with zero attached hydrogens (tertiary/aromatic N) is 3. The van der Waals surface area contributed by atoms with Crippen LogP contribution in [0.25, 0.3) is 11.3 Å². The highest BCUT2D eigenvalue weighted by Gasteiger charge is 2.27. The lowest BCUT2D eigenvalue weighted by molar-refractivity contribution is 0.0981. The largest absolute Gasteiger partial charge is 0.493 e. The Balaban J connectivity index is 1.71. The van der Waals surface area contributed by atoms with E-state index in [-0.39, 0.29) is 16.5 Å². The predicted molar refractivity (Wildman–Crippen MR) is 134 cm³/mol. The summed E-state index contributed by atoms with van der Waals surface area (Å²) in [6.45, 7) is 7.89. The monoisotopic (exact) mass is 515 g/mol. The molecule has 0 radical (unpaired) electrons. The Morgan fingerprint density at radius 2 is 2.08 bits per heavy atom. The van der Waals surface area contributed by atoms with E-state index in [0.29, 0.717) is 48.4 Å². The second-order valence-corrected chi connectivity index (χ2v) is 11.1. The molecular formula is C25H30FN5O4S. The summed E-state index contributed by atoms with van der Waals surface area (Å²) in [5.41, 5.74) is 1.06. The number of aromatic nitrogens is 3. The van der Waals surface area contributed by atoms with Gasteiger partial charge in [-0.25, -0.2) is 14.1 Å². The van der Waals surface area contributed by atoms with Crippen molar-refractivity contribution in [3.05, 3.63) is 54.0 Å². The van der Waals surface area contributed by atoms with Gasteiger partial charge in [0.15, 0.2) is 5.03 Å². The van der Waals surface area contributed by atoms with Crippen molar-refractivity contribution in [2.75, 3.05) is 24.6 Å². The molecule has 192 valence electrons. The average Bonchev–Trinajstić information content (AvgIpc) is 3.38. The summed E-state index contributed by atoms with van der Waals surface area (Å²) in [5.74, 6) is 0.120. The third kappa shape index (κ3) is 6.01. The molecule has 0 aliphatic carbocycles. The predicted octanol–water partition coefficient (Wildman–Crippen LogP) is 4.00. The van der Waals surface area contributed by atoms with Crippen LogP contribution in [0.1, 0.15) is 44.0 Å². The highest BCUT2D eigenvalue weighted by molar-refractivity contribution is 7.90. The first-order valence-corrected chi connectivity index (χ1v) is 13.4. The van der Waals surface area contributed by atoms with Crippen LogP contribution >= 0.6 is 0 Å². The maximum absolute atomic E-state index is 14.4.